The summed E-state index contributed by atoms with van der Waals surface area (Å²) in [5.41, 5.74) is 4.12. The molecule has 3 aromatic rings. The summed E-state index contributed by atoms with van der Waals surface area (Å²) in [6.45, 7) is 0. The summed E-state index contributed by atoms with van der Waals surface area (Å²) >= 11 is 5.91. The second-order valence-electron chi connectivity index (χ2n) is 4.67. The molecule has 0 aliphatic heterocycles. The van der Waals surface area contributed by atoms with Gasteiger partial charge in [-0.05, 0) is 36.4 Å². The summed E-state index contributed by atoms with van der Waals surface area (Å²) in [5, 5.41) is 14.9. The van der Waals surface area contributed by atoms with Crippen molar-refractivity contribution in [3.8, 4) is 5.75 Å². The lowest BCUT2D eigenvalue weighted by molar-refractivity contribution is 0.0951. The first-order valence-corrected chi connectivity index (χ1v) is 6.91. The van der Waals surface area contributed by atoms with Gasteiger partial charge in [0.1, 0.15) is 11.4 Å². The number of carbonyl (C=O) groups is 1. The van der Waals surface area contributed by atoms with Gasteiger partial charge in [0.05, 0.1) is 6.21 Å². The van der Waals surface area contributed by atoms with Gasteiger partial charge >= 0.3 is 0 Å². The average molecular weight is 314 g/mol. The van der Waals surface area contributed by atoms with Crippen molar-refractivity contribution in [2.45, 2.75) is 0 Å². The van der Waals surface area contributed by atoms with Crippen LogP contribution in [0.25, 0.3) is 10.9 Å². The van der Waals surface area contributed by atoms with Crippen LogP contribution in [0, 0.1) is 0 Å². The number of nitrogens with one attached hydrogen (secondary N) is 2. The molecule has 6 heteroatoms. The average Bonchev–Trinajstić information content (AvgIpc) is 2.92. The molecule has 0 atom stereocenters. The molecule has 1 aromatic heterocycles. The second-order valence-corrected chi connectivity index (χ2v) is 5.11. The molecule has 110 valence electrons. The van der Waals surface area contributed by atoms with Crippen molar-refractivity contribution in [2.75, 3.05) is 0 Å². The topological polar surface area (TPSA) is 77.5 Å². The van der Waals surface area contributed by atoms with E-state index in [9.17, 15) is 9.90 Å². The molecule has 0 aliphatic carbocycles. The second kappa shape index (κ2) is 5.91. The molecule has 22 heavy (non-hydrogen) atoms. The highest BCUT2D eigenvalue weighted by Gasteiger charge is 2.08. The van der Waals surface area contributed by atoms with Crippen LogP contribution in [0.2, 0.25) is 5.02 Å². The van der Waals surface area contributed by atoms with Gasteiger partial charge in [-0.3, -0.25) is 4.79 Å². The van der Waals surface area contributed by atoms with Crippen LogP contribution < -0.4 is 5.43 Å². The van der Waals surface area contributed by atoms with Crippen LogP contribution in [-0.4, -0.2) is 22.2 Å². The first-order valence-electron chi connectivity index (χ1n) is 6.53. The molecule has 0 radical (unpaired) electrons. The van der Waals surface area contributed by atoms with Gasteiger partial charge in [-0.2, -0.15) is 5.10 Å². The highest BCUT2D eigenvalue weighted by molar-refractivity contribution is 6.31. The van der Waals surface area contributed by atoms with E-state index >= 15 is 0 Å². The molecule has 0 unspecified atom stereocenters. The number of aromatic amines is 1. The molecule has 3 rings (SSSR count). The number of nitrogens with zero attached hydrogens (tertiary/aromatic N) is 1. The summed E-state index contributed by atoms with van der Waals surface area (Å²) in [7, 11) is 0. The van der Waals surface area contributed by atoms with Crippen molar-refractivity contribution < 1.29 is 9.90 Å². The fraction of sp³-hybridized carbons (Fsp3) is 0. The van der Waals surface area contributed by atoms with Crippen molar-refractivity contribution in [3.05, 3.63) is 64.8 Å². The first-order chi connectivity index (χ1) is 10.6. The Morgan fingerprint density at radius 3 is 2.86 bits per heavy atom. The minimum Gasteiger partial charge on any atom is -0.507 e. The Labute approximate surface area is 131 Å². The van der Waals surface area contributed by atoms with Gasteiger partial charge in [0.15, 0.2) is 0 Å². The molecule has 2 aromatic carbocycles. The summed E-state index contributed by atoms with van der Waals surface area (Å²) in [6.07, 6.45) is 1.38. The smallest absolute Gasteiger partial charge is 0.287 e. The molecule has 3 N–H and O–H groups in total. The number of benzene rings is 2. The van der Waals surface area contributed by atoms with E-state index in [1.807, 2.05) is 0 Å². The van der Waals surface area contributed by atoms with Crippen LogP contribution in [-0.2, 0) is 0 Å². The van der Waals surface area contributed by atoms with Crippen molar-refractivity contribution >= 4 is 34.6 Å². The number of carbonyl (C=O) groups excluding carboxylic acids is 1. The Bertz CT molecular complexity index is 871. The lowest BCUT2D eigenvalue weighted by atomic mass is 10.2. The number of H-pyrrole nitrogens is 1. The number of para-hydroxylation sites is 1. The van der Waals surface area contributed by atoms with Gasteiger partial charge in [-0.25, -0.2) is 5.43 Å². The number of phenols is 1. The standard InChI is InChI=1S/C16H12ClN3O2/c17-12-5-6-13-11(7-12)8-14(19-13)16(22)20-18-9-10-3-1-2-4-15(10)21/h1-9,19,21H,(H,20,22)/b18-9+. The van der Waals surface area contributed by atoms with Gasteiger partial charge in [-0.15, -0.1) is 0 Å². The number of phenolic OH excluding ortho intramolecular Hbond substituents is 1. The SMILES string of the molecule is O=C(N/N=C/c1ccccc1O)c1cc2cc(Cl)ccc2[nH]1. The Hall–Kier alpha value is -2.79. The monoisotopic (exact) mass is 313 g/mol. The summed E-state index contributed by atoms with van der Waals surface area (Å²) < 4.78 is 0. The van der Waals surface area contributed by atoms with Crippen molar-refractivity contribution in [1.82, 2.24) is 10.4 Å². The molecule has 0 saturated heterocycles. The van der Waals surface area contributed by atoms with E-state index in [1.54, 1.807) is 48.5 Å². The largest absolute Gasteiger partial charge is 0.507 e. The molecule has 0 saturated carbocycles. The summed E-state index contributed by atoms with van der Waals surface area (Å²) in [5.74, 6) is -0.278. The number of hydrazone groups is 1. The zero-order valence-electron chi connectivity index (χ0n) is 11.4. The van der Waals surface area contributed by atoms with E-state index < -0.39 is 0 Å². The molecule has 0 aliphatic rings. The van der Waals surface area contributed by atoms with Gasteiger partial charge in [-0.1, -0.05) is 23.7 Å². The van der Waals surface area contributed by atoms with Gasteiger partial charge < -0.3 is 10.1 Å². The number of hydrogen-bond donors (Lipinski definition) is 3. The van der Waals surface area contributed by atoms with E-state index in [-0.39, 0.29) is 11.7 Å². The highest BCUT2D eigenvalue weighted by Crippen LogP contribution is 2.20. The molecule has 1 amide bonds. The minimum atomic E-state index is -0.376. The van der Waals surface area contributed by atoms with Crippen molar-refractivity contribution in [3.63, 3.8) is 0 Å². The zero-order chi connectivity index (χ0) is 15.5. The van der Waals surface area contributed by atoms with Crippen LogP contribution in [0.4, 0.5) is 0 Å². The van der Waals surface area contributed by atoms with Gasteiger partial charge in [0.25, 0.3) is 5.91 Å². The normalized spacial score (nSPS) is 11.1. The maximum Gasteiger partial charge on any atom is 0.287 e. The van der Waals surface area contributed by atoms with Crippen molar-refractivity contribution in [1.29, 1.82) is 0 Å². The van der Waals surface area contributed by atoms with Crippen LogP contribution in [0.15, 0.2) is 53.6 Å². The molecular formula is C16H12ClN3O2. The van der Waals surface area contributed by atoms with Crippen molar-refractivity contribution in [2.24, 2.45) is 5.10 Å². The Morgan fingerprint density at radius 1 is 1.23 bits per heavy atom. The Balaban J connectivity index is 1.75. The molecule has 0 spiro atoms. The highest BCUT2D eigenvalue weighted by atomic mass is 35.5. The van der Waals surface area contributed by atoms with E-state index in [1.165, 1.54) is 6.21 Å². The van der Waals surface area contributed by atoms with Crippen LogP contribution in [0.1, 0.15) is 16.1 Å². The third kappa shape index (κ3) is 2.94. The predicted molar refractivity (Wildman–Crippen MR) is 86.5 cm³/mol. The Kier molecular flexibility index (Phi) is 3.80. The molecule has 0 fully saturated rings. The lowest BCUT2D eigenvalue weighted by Gasteiger charge is -1.98. The van der Waals surface area contributed by atoms with Crippen LogP contribution >= 0.6 is 11.6 Å². The number of rotatable bonds is 3. The van der Waals surface area contributed by atoms with Crippen LogP contribution in [0.3, 0.4) is 0 Å². The predicted octanol–water partition coefficient (Wildman–Crippen LogP) is 3.29. The molecule has 0 bridgehead atoms. The molecule has 5 nitrogen and oxygen atoms in total. The third-order valence-electron chi connectivity index (χ3n) is 3.13. The maximum atomic E-state index is 12.0. The zero-order valence-corrected chi connectivity index (χ0v) is 12.1. The number of aromatic nitrogens is 1. The number of hydrogen-bond acceptors (Lipinski definition) is 3. The quantitative estimate of drug-likeness (QED) is 0.512. The third-order valence-corrected chi connectivity index (χ3v) is 3.37. The summed E-state index contributed by atoms with van der Waals surface area (Å²) in [4.78, 5) is 15.0. The van der Waals surface area contributed by atoms with Gasteiger partial charge in [0, 0.05) is 21.5 Å². The fourth-order valence-electron chi connectivity index (χ4n) is 2.04. The first kappa shape index (κ1) is 14.2. The van der Waals surface area contributed by atoms with E-state index in [0.717, 1.165) is 10.9 Å². The van der Waals surface area contributed by atoms with Gasteiger partial charge in [0.2, 0.25) is 0 Å². The van der Waals surface area contributed by atoms with E-state index in [0.29, 0.717) is 16.3 Å². The number of fused-ring (bicyclic) bond motifs is 1. The Morgan fingerprint density at radius 2 is 2.05 bits per heavy atom. The fourth-order valence-corrected chi connectivity index (χ4v) is 2.22. The van der Waals surface area contributed by atoms with E-state index in [2.05, 4.69) is 15.5 Å². The number of amides is 1. The minimum absolute atomic E-state index is 0.0979. The summed E-state index contributed by atoms with van der Waals surface area (Å²) in [6, 6.07) is 13.7. The van der Waals surface area contributed by atoms with Crippen LogP contribution in [0.5, 0.6) is 5.75 Å². The number of aromatic hydroxyl groups is 1. The molecule has 1 heterocycles. The molecular weight excluding hydrogens is 302 g/mol. The maximum absolute atomic E-state index is 12.0. The lowest BCUT2D eigenvalue weighted by Crippen LogP contribution is -2.17. The number of halogens is 1. The van der Waals surface area contributed by atoms with E-state index in [4.69, 9.17) is 11.6 Å².